The van der Waals surface area contributed by atoms with Gasteiger partial charge in [0.05, 0.1) is 31.9 Å². The number of hydrogen-bond donors (Lipinski definition) is 1. The third-order valence-corrected chi connectivity index (χ3v) is 5.26. The Bertz CT molecular complexity index is 954. The first-order valence-electron chi connectivity index (χ1n) is 11.4. The lowest BCUT2D eigenvalue weighted by Crippen LogP contribution is -2.12. The van der Waals surface area contributed by atoms with Gasteiger partial charge in [0.2, 0.25) is 0 Å². The fourth-order valence-corrected chi connectivity index (χ4v) is 3.55. The number of hydrogen-bond acceptors (Lipinski definition) is 5. The molecule has 3 aromatic rings. The van der Waals surface area contributed by atoms with Gasteiger partial charge in [0, 0.05) is 6.20 Å². The number of rotatable bonds is 10. The highest BCUT2D eigenvalue weighted by atomic mass is 16.5. The Morgan fingerprint density at radius 2 is 1.91 bits per heavy atom. The first-order chi connectivity index (χ1) is 15.6. The Morgan fingerprint density at radius 3 is 2.59 bits per heavy atom. The summed E-state index contributed by atoms with van der Waals surface area (Å²) in [5.41, 5.74) is 5.03. The van der Waals surface area contributed by atoms with Crippen LogP contribution in [0.2, 0.25) is 0 Å². The molecule has 172 valence electrons. The molecule has 1 aromatic heterocycles. The predicted molar refractivity (Wildman–Crippen MR) is 126 cm³/mol. The molecule has 1 unspecified atom stereocenters. The Hall–Kier alpha value is -2.99. The maximum Gasteiger partial charge on any atom is 0.306 e. The smallest absolute Gasteiger partial charge is 0.306 e. The molecular weight excluding hydrogens is 402 g/mol. The van der Waals surface area contributed by atoms with Crippen LogP contribution in [0, 0.1) is 6.92 Å². The second kappa shape index (κ2) is 13.4. The minimum absolute atomic E-state index is 0.00535. The summed E-state index contributed by atoms with van der Waals surface area (Å²) < 4.78 is 7.01. The van der Waals surface area contributed by atoms with Crippen molar-refractivity contribution in [2.24, 2.45) is 0 Å². The molecule has 6 nitrogen and oxygen atoms in total. The van der Waals surface area contributed by atoms with Gasteiger partial charge in [0.1, 0.15) is 0 Å². The summed E-state index contributed by atoms with van der Waals surface area (Å²) in [6.45, 7) is 8.82. The van der Waals surface area contributed by atoms with Gasteiger partial charge < -0.3 is 9.84 Å². The summed E-state index contributed by atoms with van der Waals surface area (Å²) in [4.78, 5) is 12.2. The largest absolute Gasteiger partial charge is 0.466 e. The van der Waals surface area contributed by atoms with E-state index >= 15 is 0 Å². The molecule has 0 aliphatic rings. The highest BCUT2D eigenvalue weighted by Crippen LogP contribution is 2.27. The average molecular weight is 438 g/mol. The lowest BCUT2D eigenvalue weighted by Gasteiger charge is -2.18. The molecule has 1 N–H and O–H groups in total. The Labute approximate surface area is 191 Å². The summed E-state index contributed by atoms with van der Waals surface area (Å²) in [5, 5.41) is 18.1. The van der Waals surface area contributed by atoms with E-state index < -0.39 is 0 Å². The molecule has 0 fully saturated rings. The molecule has 0 radical (unpaired) electrons. The number of ether oxygens (including phenoxy) is 1. The van der Waals surface area contributed by atoms with Gasteiger partial charge in [-0.05, 0) is 54.9 Å². The molecule has 0 saturated heterocycles. The van der Waals surface area contributed by atoms with Crippen molar-refractivity contribution in [1.82, 2.24) is 15.0 Å². The van der Waals surface area contributed by atoms with Crippen molar-refractivity contribution in [3.63, 3.8) is 0 Å². The van der Waals surface area contributed by atoms with Gasteiger partial charge in [-0.3, -0.25) is 4.79 Å². The van der Waals surface area contributed by atoms with Crippen LogP contribution >= 0.6 is 0 Å². The maximum atomic E-state index is 12.2. The predicted octanol–water partition coefficient (Wildman–Crippen LogP) is 4.82. The zero-order chi connectivity index (χ0) is 23.3. The molecule has 3 rings (SSSR count). The van der Waals surface area contributed by atoms with Gasteiger partial charge in [-0.15, -0.1) is 5.10 Å². The van der Waals surface area contributed by atoms with E-state index in [1.807, 2.05) is 75.0 Å². The number of aryl methyl sites for hydroxylation is 2. The molecule has 1 atom stereocenters. The summed E-state index contributed by atoms with van der Waals surface area (Å²) >= 11 is 0. The number of esters is 1. The minimum atomic E-state index is -0.207. The monoisotopic (exact) mass is 437 g/mol. The van der Waals surface area contributed by atoms with E-state index in [1.165, 1.54) is 5.56 Å². The highest BCUT2D eigenvalue weighted by Gasteiger charge is 2.19. The van der Waals surface area contributed by atoms with Crippen molar-refractivity contribution >= 4 is 5.97 Å². The topological polar surface area (TPSA) is 77.2 Å². The van der Waals surface area contributed by atoms with E-state index in [-0.39, 0.29) is 18.5 Å². The lowest BCUT2D eigenvalue weighted by molar-refractivity contribution is -0.143. The van der Waals surface area contributed by atoms with Crippen molar-refractivity contribution in [3.05, 3.63) is 82.7 Å². The van der Waals surface area contributed by atoms with Gasteiger partial charge >= 0.3 is 5.97 Å². The van der Waals surface area contributed by atoms with Crippen LogP contribution in [0.25, 0.3) is 0 Å². The van der Waals surface area contributed by atoms with Crippen LogP contribution in [-0.2, 0) is 29.1 Å². The van der Waals surface area contributed by atoms with Gasteiger partial charge in [-0.25, -0.2) is 4.68 Å². The number of aliphatic hydroxyl groups is 1. The van der Waals surface area contributed by atoms with E-state index in [4.69, 9.17) is 4.74 Å². The number of aliphatic hydroxyl groups excluding tert-OH is 1. The fraction of sp³-hybridized carbons (Fsp3) is 0.423. The SMILES string of the molecule is CC.CCOC(=O)CC(CCc1cn(Cc2ccccc2)nn1)c1ccc(C)c(CO)c1. The van der Waals surface area contributed by atoms with E-state index in [0.29, 0.717) is 26.0 Å². The molecule has 0 amide bonds. The van der Waals surface area contributed by atoms with Gasteiger partial charge in [-0.1, -0.05) is 67.6 Å². The van der Waals surface area contributed by atoms with Crippen molar-refractivity contribution in [2.45, 2.75) is 66.0 Å². The van der Waals surface area contributed by atoms with Crippen LogP contribution < -0.4 is 0 Å². The molecule has 0 bridgehead atoms. The number of nitrogens with zero attached hydrogens (tertiary/aromatic N) is 3. The third kappa shape index (κ3) is 7.61. The van der Waals surface area contributed by atoms with Crippen LogP contribution in [0.5, 0.6) is 0 Å². The standard InChI is InChI=1S/C24H29N3O3.C2H6/c1-3-30-24(29)14-21(20-10-9-18(2)22(13-20)17-28)11-12-23-16-27(26-25-23)15-19-7-5-4-6-8-19;1-2/h4-10,13,16,21,28H,3,11-12,14-15,17H2,1-2H3;1-2H3. The molecular formula is C26H35N3O3. The van der Waals surface area contributed by atoms with E-state index in [2.05, 4.69) is 22.4 Å². The molecule has 0 aliphatic heterocycles. The van der Waals surface area contributed by atoms with Crippen molar-refractivity contribution in [3.8, 4) is 0 Å². The zero-order valence-electron chi connectivity index (χ0n) is 19.6. The zero-order valence-corrected chi connectivity index (χ0v) is 19.6. The first kappa shape index (κ1) is 25.3. The van der Waals surface area contributed by atoms with Crippen LogP contribution in [0.1, 0.15) is 67.5 Å². The van der Waals surface area contributed by atoms with Crippen LogP contribution in [0.3, 0.4) is 0 Å². The third-order valence-electron chi connectivity index (χ3n) is 5.26. The summed E-state index contributed by atoms with van der Waals surface area (Å²) in [5.74, 6) is -0.212. The van der Waals surface area contributed by atoms with Crippen LogP contribution in [0.4, 0.5) is 0 Å². The second-order valence-corrected chi connectivity index (χ2v) is 7.48. The van der Waals surface area contributed by atoms with Gasteiger partial charge in [-0.2, -0.15) is 0 Å². The molecule has 1 heterocycles. The summed E-state index contributed by atoms with van der Waals surface area (Å²) in [7, 11) is 0. The van der Waals surface area contributed by atoms with Crippen molar-refractivity contribution < 1.29 is 14.6 Å². The quantitative estimate of drug-likeness (QED) is 0.460. The number of aromatic nitrogens is 3. The lowest BCUT2D eigenvalue weighted by atomic mass is 9.88. The van der Waals surface area contributed by atoms with Crippen molar-refractivity contribution in [1.29, 1.82) is 0 Å². The Balaban J connectivity index is 0.00000176. The number of carbonyl (C=O) groups excluding carboxylic acids is 1. The van der Waals surface area contributed by atoms with Crippen molar-refractivity contribution in [2.75, 3.05) is 6.61 Å². The molecule has 0 spiro atoms. The number of carbonyl (C=O) groups is 1. The summed E-state index contributed by atoms with van der Waals surface area (Å²) in [6, 6.07) is 16.2. The molecule has 2 aromatic carbocycles. The maximum absolute atomic E-state index is 12.2. The number of benzene rings is 2. The summed E-state index contributed by atoms with van der Waals surface area (Å²) in [6.07, 6.45) is 3.72. The van der Waals surface area contributed by atoms with Crippen LogP contribution in [-0.4, -0.2) is 32.7 Å². The Morgan fingerprint density at radius 1 is 1.16 bits per heavy atom. The van der Waals surface area contributed by atoms with E-state index in [0.717, 1.165) is 28.8 Å². The second-order valence-electron chi connectivity index (χ2n) is 7.48. The van der Waals surface area contributed by atoms with Gasteiger partial charge in [0.15, 0.2) is 0 Å². The van der Waals surface area contributed by atoms with E-state index in [1.54, 1.807) is 0 Å². The minimum Gasteiger partial charge on any atom is -0.466 e. The average Bonchev–Trinajstić information content (AvgIpc) is 3.26. The first-order valence-corrected chi connectivity index (χ1v) is 11.4. The normalized spacial score (nSPS) is 11.4. The van der Waals surface area contributed by atoms with E-state index in [9.17, 15) is 9.90 Å². The Kier molecular flexibility index (Phi) is 10.6. The van der Waals surface area contributed by atoms with Gasteiger partial charge in [0.25, 0.3) is 0 Å². The molecule has 0 saturated carbocycles. The van der Waals surface area contributed by atoms with Crippen LogP contribution in [0.15, 0.2) is 54.7 Å². The molecule has 6 heteroatoms. The molecule has 0 aliphatic carbocycles. The fourth-order valence-electron chi connectivity index (χ4n) is 3.55. The molecule has 32 heavy (non-hydrogen) atoms. The highest BCUT2D eigenvalue weighted by molar-refractivity contribution is 5.70.